The fourth-order valence-corrected chi connectivity index (χ4v) is 2.42. The smallest absolute Gasteiger partial charge is 0.278 e. The highest BCUT2D eigenvalue weighted by Crippen LogP contribution is 2.19. The zero-order valence-corrected chi connectivity index (χ0v) is 13.2. The molecule has 0 aliphatic rings. The molecule has 0 aliphatic heterocycles. The lowest BCUT2D eigenvalue weighted by Crippen LogP contribution is -2.24. The Morgan fingerprint density at radius 3 is 2.88 bits per heavy atom. The van der Waals surface area contributed by atoms with Gasteiger partial charge in [0, 0.05) is 5.56 Å². The van der Waals surface area contributed by atoms with E-state index in [2.05, 4.69) is 20.5 Å². The molecule has 0 bridgehead atoms. The summed E-state index contributed by atoms with van der Waals surface area (Å²) in [5.41, 5.74) is 1.25. The van der Waals surface area contributed by atoms with E-state index in [4.69, 9.17) is 4.52 Å². The van der Waals surface area contributed by atoms with Crippen molar-refractivity contribution in [1.29, 1.82) is 0 Å². The molecule has 25 heavy (non-hydrogen) atoms. The fourth-order valence-electron chi connectivity index (χ4n) is 2.42. The van der Waals surface area contributed by atoms with Crippen LogP contribution in [-0.2, 0) is 6.54 Å². The minimum Gasteiger partial charge on any atom is -0.337 e. The van der Waals surface area contributed by atoms with Gasteiger partial charge in [-0.15, -0.1) is 5.10 Å². The second-order valence-corrected chi connectivity index (χ2v) is 5.55. The first-order valence-corrected chi connectivity index (χ1v) is 7.53. The van der Waals surface area contributed by atoms with E-state index in [9.17, 15) is 9.18 Å². The first kappa shape index (κ1) is 15.1. The van der Waals surface area contributed by atoms with E-state index < -0.39 is 0 Å². The Bertz CT molecular complexity index is 1140. The van der Waals surface area contributed by atoms with Crippen LogP contribution >= 0.6 is 0 Å². The number of fused-ring (bicyclic) bond motifs is 1. The van der Waals surface area contributed by atoms with Gasteiger partial charge in [-0.25, -0.2) is 9.07 Å². The lowest BCUT2D eigenvalue weighted by Gasteiger charge is -2.01. The van der Waals surface area contributed by atoms with Crippen LogP contribution in [-0.4, -0.2) is 25.1 Å². The van der Waals surface area contributed by atoms with Crippen molar-refractivity contribution in [2.45, 2.75) is 13.5 Å². The molecule has 0 atom stereocenters. The van der Waals surface area contributed by atoms with Gasteiger partial charge in [0.1, 0.15) is 17.9 Å². The lowest BCUT2D eigenvalue weighted by molar-refractivity contribution is 0.361. The van der Waals surface area contributed by atoms with Crippen molar-refractivity contribution in [2.24, 2.45) is 0 Å². The van der Waals surface area contributed by atoms with Gasteiger partial charge in [0.15, 0.2) is 0 Å². The molecule has 4 rings (SSSR count). The highest BCUT2D eigenvalue weighted by Gasteiger charge is 2.13. The summed E-state index contributed by atoms with van der Waals surface area (Å²) in [6, 6.07) is 11.6. The molecule has 0 aliphatic carbocycles. The van der Waals surface area contributed by atoms with Crippen LogP contribution in [0.3, 0.4) is 0 Å². The molecule has 2 heterocycles. The van der Waals surface area contributed by atoms with Crippen molar-refractivity contribution in [2.75, 3.05) is 0 Å². The van der Waals surface area contributed by atoms with Crippen molar-refractivity contribution < 1.29 is 8.91 Å². The molecule has 0 fully saturated rings. The van der Waals surface area contributed by atoms with Gasteiger partial charge in [-0.1, -0.05) is 34.6 Å². The van der Waals surface area contributed by atoms with E-state index in [1.54, 1.807) is 43.3 Å². The third-order valence-corrected chi connectivity index (χ3v) is 3.81. The van der Waals surface area contributed by atoms with Crippen LogP contribution in [0.15, 0.2) is 51.8 Å². The number of hydrogen-bond donors (Lipinski definition) is 0. The first-order chi connectivity index (χ1) is 12.1. The van der Waals surface area contributed by atoms with E-state index in [1.807, 2.05) is 0 Å². The van der Waals surface area contributed by atoms with Gasteiger partial charge in [-0.2, -0.15) is 4.98 Å². The summed E-state index contributed by atoms with van der Waals surface area (Å²) in [5, 5.41) is 12.2. The molecule has 0 N–H and O–H groups in total. The molecule has 124 valence electrons. The van der Waals surface area contributed by atoms with Crippen molar-refractivity contribution in [3.05, 3.63) is 70.1 Å². The molecule has 0 saturated carbocycles. The number of hydrogen-bond acceptors (Lipinski definition) is 6. The van der Waals surface area contributed by atoms with Crippen LogP contribution in [0.25, 0.3) is 22.3 Å². The summed E-state index contributed by atoms with van der Waals surface area (Å²) in [7, 11) is 0. The average molecular weight is 337 g/mol. The Morgan fingerprint density at radius 2 is 2.04 bits per heavy atom. The normalized spacial score (nSPS) is 11.1. The summed E-state index contributed by atoms with van der Waals surface area (Å²) in [4.78, 5) is 16.6. The molecule has 0 unspecified atom stereocenters. The van der Waals surface area contributed by atoms with Gasteiger partial charge in [0.05, 0.1) is 5.39 Å². The van der Waals surface area contributed by atoms with Crippen LogP contribution in [0.4, 0.5) is 4.39 Å². The van der Waals surface area contributed by atoms with E-state index >= 15 is 0 Å². The van der Waals surface area contributed by atoms with Crippen LogP contribution < -0.4 is 5.56 Å². The number of halogens is 1. The molecule has 4 aromatic rings. The minimum absolute atomic E-state index is 0.0159. The Hall–Kier alpha value is -3.42. The number of aromatic nitrogens is 5. The summed E-state index contributed by atoms with van der Waals surface area (Å²) in [6.45, 7) is 1.66. The van der Waals surface area contributed by atoms with Gasteiger partial charge < -0.3 is 4.52 Å². The number of rotatable bonds is 3. The molecule has 0 saturated heterocycles. The predicted molar refractivity (Wildman–Crippen MR) is 87.3 cm³/mol. The van der Waals surface area contributed by atoms with E-state index in [1.165, 1.54) is 6.07 Å². The average Bonchev–Trinajstić information content (AvgIpc) is 3.09. The Balaban J connectivity index is 1.66. The SMILES string of the molecule is Cc1ccc(-c2noc(Cn3nnc4ccccc4c3=O)n2)cc1F. The number of nitrogens with zero attached hydrogens (tertiary/aromatic N) is 5. The summed E-state index contributed by atoms with van der Waals surface area (Å²) in [6.07, 6.45) is 0. The molecule has 2 aromatic carbocycles. The molecule has 0 spiro atoms. The minimum atomic E-state index is -0.347. The largest absolute Gasteiger partial charge is 0.337 e. The lowest BCUT2D eigenvalue weighted by atomic mass is 10.1. The van der Waals surface area contributed by atoms with E-state index in [0.717, 1.165) is 4.68 Å². The Morgan fingerprint density at radius 1 is 1.20 bits per heavy atom. The summed E-state index contributed by atoms with van der Waals surface area (Å²) in [5.74, 6) is 0.0822. The van der Waals surface area contributed by atoms with Crippen molar-refractivity contribution in [3.63, 3.8) is 0 Å². The molecular formula is C17H12FN5O2. The topological polar surface area (TPSA) is 86.7 Å². The number of benzene rings is 2. The van der Waals surface area contributed by atoms with Crippen LogP contribution in [0.2, 0.25) is 0 Å². The Kier molecular flexibility index (Phi) is 3.57. The van der Waals surface area contributed by atoms with E-state index in [0.29, 0.717) is 22.0 Å². The van der Waals surface area contributed by atoms with Crippen molar-refractivity contribution in [3.8, 4) is 11.4 Å². The van der Waals surface area contributed by atoms with Gasteiger partial charge in [0.25, 0.3) is 5.56 Å². The van der Waals surface area contributed by atoms with Gasteiger partial charge in [-0.3, -0.25) is 4.79 Å². The molecule has 8 heteroatoms. The van der Waals surface area contributed by atoms with Crippen LogP contribution in [0, 0.1) is 12.7 Å². The van der Waals surface area contributed by atoms with Crippen molar-refractivity contribution >= 4 is 10.9 Å². The predicted octanol–water partition coefficient (Wildman–Crippen LogP) is 2.34. The van der Waals surface area contributed by atoms with Gasteiger partial charge >= 0.3 is 0 Å². The summed E-state index contributed by atoms with van der Waals surface area (Å²) >= 11 is 0. The van der Waals surface area contributed by atoms with Crippen LogP contribution in [0.1, 0.15) is 11.5 Å². The van der Waals surface area contributed by atoms with Crippen LogP contribution in [0.5, 0.6) is 0 Å². The second-order valence-electron chi connectivity index (χ2n) is 5.55. The highest BCUT2D eigenvalue weighted by atomic mass is 19.1. The number of aryl methyl sites for hydroxylation is 1. The zero-order chi connectivity index (χ0) is 17.4. The standard InChI is InChI=1S/C17H12FN5O2/c1-10-6-7-11(8-13(10)18)16-19-15(25-21-16)9-23-17(24)12-4-2-3-5-14(12)20-22-23/h2-8H,9H2,1H3. The van der Waals surface area contributed by atoms with Gasteiger partial charge in [-0.05, 0) is 30.7 Å². The maximum Gasteiger partial charge on any atom is 0.278 e. The molecular weight excluding hydrogens is 325 g/mol. The maximum atomic E-state index is 13.7. The maximum absolute atomic E-state index is 13.7. The Labute approximate surface area is 140 Å². The molecule has 0 amide bonds. The molecule has 7 nitrogen and oxygen atoms in total. The van der Waals surface area contributed by atoms with Gasteiger partial charge in [0.2, 0.25) is 11.7 Å². The molecule has 0 radical (unpaired) electrons. The summed E-state index contributed by atoms with van der Waals surface area (Å²) < 4.78 is 20.0. The monoisotopic (exact) mass is 337 g/mol. The van der Waals surface area contributed by atoms with Crippen molar-refractivity contribution in [1.82, 2.24) is 25.1 Å². The fraction of sp³-hybridized carbons (Fsp3) is 0.118. The first-order valence-electron chi connectivity index (χ1n) is 7.53. The third-order valence-electron chi connectivity index (χ3n) is 3.81. The molecule has 2 aromatic heterocycles. The van der Waals surface area contributed by atoms with E-state index in [-0.39, 0.29) is 29.6 Å². The zero-order valence-electron chi connectivity index (χ0n) is 13.2. The second kappa shape index (κ2) is 5.90. The quantitative estimate of drug-likeness (QED) is 0.570. The highest BCUT2D eigenvalue weighted by molar-refractivity contribution is 5.76. The third kappa shape index (κ3) is 2.78.